The van der Waals surface area contributed by atoms with Gasteiger partial charge in [-0.3, -0.25) is 4.79 Å². The second-order valence-corrected chi connectivity index (χ2v) is 4.18. The van der Waals surface area contributed by atoms with E-state index in [1.807, 2.05) is 6.92 Å². The second-order valence-electron chi connectivity index (χ2n) is 4.18. The molecule has 3 N–H and O–H groups in total. The fourth-order valence-corrected chi connectivity index (χ4v) is 1.41. The number of rotatable bonds is 5. The summed E-state index contributed by atoms with van der Waals surface area (Å²) in [6, 6.07) is 4.57. The Balaban J connectivity index is 2.50. The minimum absolute atomic E-state index is 0.102. The van der Waals surface area contributed by atoms with Gasteiger partial charge in [0.2, 0.25) is 0 Å². The fourth-order valence-electron chi connectivity index (χ4n) is 1.41. The second kappa shape index (κ2) is 6.35. The molecule has 3 nitrogen and oxygen atoms in total. The summed E-state index contributed by atoms with van der Waals surface area (Å²) < 4.78 is 13.2. The zero-order valence-electron chi connectivity index (χ0n) is 10.3. The lowest BCUT2D eigenvalue weighted by Gasteiger charge is -2.09. The first-order valence-corrected chi connectivity index (χ1v) is 5.84. The average Bonchev–Trinajstić information content (AvgIpc) is 2.32. The summed E-state index contributed by atoms with van der Waals surface area (Å²) in [7, 11) is 0. The van der Waals surface area contributed by atoms with Crippen molar-refractivity contribution in [1.29, 1.82) is 0 Å². The smallest absolute Gasteiger partial charge is 0.251 e. The van der Waals surface area contributed by atoms with E-state index < -0.39 is 0 Å². The molecule has 1 aromatic rings. The molecule has 0 bridgehead atoms. The molecule has 0 aliphatic heterocycles. The van der Waals surface area contributed by atoms with Crippen LogP contribution in [0.3, 0.4) is 0 Å². The van der Waals surface area contributed by atoms with Crippen LogP contribution in [0.2, 0.25) is 0 Å². The van der Waals surface area contributed by atoms with Crippen LogP contribution in [-0.4, -0.2) is 18.5 Å². The number of aryl methyl sites for hydroxylation is 1. The molecule has 0 spiro atoms. The lowest BCUT2D eigenvalue weighted by Crippen LogP contribution is -2.30. The summed E-state index contributed by atoms with van der Waals surface area (Å²) in [5, 5.41) is 2.73. The molecule has 1 aromatic carbocycles. The van der Waals surface area contributed by atoms with Crippen molar-refractivity contribution in [2.75, 3.05) is 6.54 Å². The molecule has 0 radical (unpaired) electrons. The normalized spacial score (nSPS) is 12.2. The van der Waals surface area contributed by atoms with E-state index in [-0.39, 0.29) is 17.8 Å². The van der Waals surface area contributed by atoms with Gasteiger partial charge in [-0.05, 0) is 37.5 Å². The van der Waals surface area contributed by atoms with E-state index in [9.17, 15) is 9.18 Å². The monoisotopic (exact) mass is 238 g/mol. The first-order valence-electron chi connectivity index (χ1n) is 5.84. The highest BCUT2D eigenvalue weighted by molar-refractivity contribution is 5.94. The molecule has 1 unspecified atom stereocenters. The Hall–Kier alpha value is -1.42. The number of nitrogens with two attached hydrogens (primary N) is 1. The molecule has 4 heteroatoms. The molecule has 1 rings (SSSR count). The summed E-state index contributed by atoms with van der Waals surface area (Å²) in [5.74, 6) is -0.616. The van der Waals surface area contributed by atoms with Crippen molar-refractivity contribution in [2.24, 2.45) is 5.73 Å². The van der Waals surface area contributed by atoms with Crippen LogP contribution in [0, 0.1) is 12.7 Å². The average molecular weight is 238 g/mol. The van der Waals surface area contributed by atoms with Crippen LogP contribution >= 0.6 is 0 Å². The van der Waals surface area contributed by atoms with Gasteiger partial charge in [-0.2, -0.15) is 0 Å². The van der Waals surface area contributed by atoms with Crippen molar-refractivity contribution in [3.63, 3.8) is 0 Å². The molecule has 0 heterocycles. The van der Waals surface area contributed by atoms with Crippen LogP contribution in [-0.2, 0) is 0 Å². The third-order valence-corrected chi connectivity index (χ3v) is 2.76. The topological polar surface area (TPSA) is 55.1 Å². The molecule has 17 heavy (non-hydrogen) atoms. The lowest BCUT2D eigenvalue weighted by atomic mass is 10.1. The fraction of sp³-hybridized carbons (Fsp3) is 0.462. The zero-order valence-corrected chi connectivity index (χ0v) is 10.3. The first-order chi connectivity index (χ1) is 8.04. The number of hydrogen-bond donors (Lipinski definition) is 2. The van der Waals surface area contributed by atoms with Crippen LogP contribution in [0.1, 0.15) is 35.7 Å². The number of benzene rings is 1. The molecule has 0 aliphatic carbocycles. The van der Waals surface area contributed by atoms with E-state index in [0.717, 1.165) is 12.8 Å². The van der Waals surface area contributed by atoms with Crippen LogP contribution in [0.4, 0.5) is 4.39 Å². The van der Waals surface area contributed by atoms with Gasteiger partial charge < -0.3 is 11.1 Å². The van der Waals surface area contributed by atoms with Crippen molar-refractivity contribution in [3.8, 4) is 0 Å². The molecule has 0 saturated heterocycles. The lowest BCUT2D eigenvalue weighted by molar-refractivity contribution is 0.0952. The van der Waals surface area contributed by atoms with Crippen LogP contribution in [0.5, 0.6) is 0 Å². The van der Waals surface area contributed by atoms with Crippen LogP contribution in [0.15, 0.2) is 18.2 Å². The maximum atomic E-state index is 13.2. The predicted octanol–water partition coefficient (Wildman–Crippen LogP) is 1.99. The molecule has 94 valence electrons. The van der Waals surface area contributed by atoms with E-state index in [0.29, 0.717) is 17.7 Å². The number of nitrogens with one attached hydrogen (secondary N) is 1. The number of amides is 1. The van der Waals surface area contributed by atoms with Gasteiger partial charge in [0, 0.05) is 18.2 Å². The van der Waals surface area contributed by atoms with Gasteiger partial charge in [-0.25, -0.2) is 4.39 Å². The largest absolute Gasteiger partial charge is 0.352 e. The van der Waals surface area contributed by atoms with Gasteiger partial charge in [-0.1, -0.05) is 13.0 Å². The van der Waals surface area contributed by atoms with E-state index in [1.165, 1.54) is 6.07 Å². The van der Waals surface area contributed by atoms with Crippen molar-refractivity contribution < 1.29 is 9.18 Å². The van der Waals surface area contributed by atoms with Gasteiger partial charge in [0.15, 0.2) is 0 Å². The highest BCUT2D eigenvalue weighted by Crippen LogP contribution is 2.09. The number of carbonyl (C=O) groups is 1. The maximum absolute atomic E-state index is 13.2. The minimum Gasteiger partial charge on any atom is -0.352 e. The quantitative estimate of drug-likeness (QED) is 0.824. The van der Waals surface area contributed by atoms with E-state index in [2.05, 4.69) is 5.32 Å². The Bertz CT molecular complexity index is 393. The Morgan fingerprint density at radius 2 is 2.24 bits per heavy atom. The van der Waals surface area contributed by atoms with Crippen LogP contribution < -0.4 is 11.1 Å². The third kappa shape index (κ3) is 4.15. The maximum Gasteiger partial charge on any atom is 0.251 e. The molecular formula is C13H19FN2O. The first kappa shape index (κ1) is 13.6. The van der Waals surface area contributed by atoms with Crippen molar-refractivity contribution >= 4 is 5.91 Å². The molecule has 0 aliphatic rings. The summed E-state index contributed by atoms with van der Waals surface area (Å²) in [5.41, 5.74) is 6.61. The Morgan fingerprint density at radius 3 is 2.82 bits per heavy atom. The van der Waals surface area contributed by atoms with Gasteiger partial charge in [0.25, 0.3) is 5.91 Å². The standard InChI is InChI=1S/C13H19FN2O/c1-3-11(15)6-7-16-13(17)10-5-4-9(2)12(14)8-10/h4-5,8,11H,3,6-7,15H2,1-2H3,(H,16,17). The minimum atomic E-state index is -0.358. The van der Waals surface area contributed by atoms with Gasteiger partial charge >= 0.3 is 0 Å². The van der Waals surface area contributed by atoms with E-state index >= 15 is 0 Å². The van der Waals surface area contributed by atoms with Gasteiger partial charge in [0.05, 0.1) is 0 Å². The molecular weight excluding hydrogens is 219 g/mol. The molecule has 0 saturated carbocycles. The van der Waals surface area contributed by atoms with Crippen LogP contribution in [0.25, 0.3) is 0 Å². The molecule has 1 atom stereocenters. The number of carbonyl (C=O) groups excluding carboxylic acids is 1. The third-order valence-electron chi connectivity index (χ3n) is 2.76. The molecule has 0 fully saturated rings. The molecule has 1 amide bonds. The van der Waals surface area contributed by atoms with Gasteiger partial charge in [-0.15, -0.1) is 0 Å². The van der Waals surface area contributed by atoms with Crippen molar-refractivity contribution in [3.05, 3.63) is 35.1 Å². The van der Waals surface area contributed by atoms with Crippen molar-refractivity contribution in [1.82, 2.24) is 5.32 Å². The summed E-state index contributed by atoms with van der Waals surface area (Å²) in [6.45, 7) is 4.18. The zero-order chi connectivity index (χ0) is 12.8. The highest BCUT2D eigenvalue weighted by atomic mass is 19.1. The van der Waals surface area contributed by atoms with Gasteiger partial charge in [0.1, 0.15) is 5.82 Å². The summed E-state index contributed by atoms with van der Waals surface area (Å²) in [4.78, 5) is 11.7. The Kier molecular flexibility index (Phi) is 5.10. The number of halogens is 1. The predicted molar refractivity (Wildman–Crippen MR) is 66.4 cm³/mol. The number of hydrogen-bond acceptors (Lipinski definition) is 2. The SMILES string of the molecule is CCC(N)CCNC(=O)c1ccc(C)c(F)c1. The Labute approximate surface area is 101 Å². The summed E-state index contributed by atoms with van der Waals surface area (Å²) >= 11 is 0. The van der Waals surface area contributed by atoms with Crippen molar-refractivity contribution in [2.45, 2.75) is 32.7 Å². The highest BCUT2D eigenvalue weighted by Gasteiger charge is 2.08. The van der Waals surface area contributed by atoms with E-state index in [1.54, 1.807) is 19.1 Å². The van der Waals surface area contributed by atoms with E-state index in [4.69, 9.17) is 5.73 Å². The molecule has 0 aromatic heterocycles. The summed E-state index contributed by atoms with van der Waals surface area (Å²) in [6.07, 6.45) is 1.62. The Morgan fingerprint density at radius 1 is 1.53 bits per heavy atom.